The molecule has 18 N–H and O–H groups in total. The first-order valence-electron chi connectivity index (χ1n) is 36.0. The Morgan fingerprint density at radius 2 is 1.31 bits per heavy atom. The summed E-state index contributed by atoms with van der Waals surface area (Å²) in [6.07, 6.45) is -2.34. The molecule has 2 aromatic heterocycles. The quantitative estimate of drug-likeness (QED) is 0.0222. The van der Waals surface area contributed by atoms with Crippen LogP contribution in [0.1, 0.15) is 100 Å². The second-order valence-electron chi connectivity index (χ2n) is 27.7. The molecule has 1 aliphatic heterocycles. The Kier molecular flexibility index (Phi) is 31.2. The van der Waals surface area contributed by atoms with Gasteiger partial charge in [-0.05, 0) is 135 Å². The van der Waals surface area contributed by atoms with Crippen LogP contribution in [0.2, 0.25) is 0 Å². The fourth-order valence-electron chi connectivity index (χ4n) is 12.8. The number of aryl methyl sites for hydroxylation is 2. The summed E-state index contributed by atoms with van der Waals surface area (Å²) in [6, 6.07) is 13.4. The lowest BCUT2D eigenvalue weighted by atomic mass is 9.90. The molecule has 0 spiro atoms. The van der Waals surface area contributed by atoms with Crippen molar-refractivity contribution < 1.29 is 102 Å². The largest absolute Gasteiger partial charge is 0.497 e. The van der Waals surface area contributed by atoms with Gasteiger partial charge in [0.25, 0.3) is 5.91 Å². The van der Waals surface area contributed by atoms with Crippen LogP contribution in [0.25, 0.3) is 22.3 Å². The number of nitrogens with two attached hydrogens (primary N) is 1. The zero-order valence-electron chi connectivity index (χ0n) is 62.7. The zero-order valence-corrected chi connectivity index (χ0v) is 62.7. The van der Waals surface area contributed by atoms with Gasteiger partial charge in [0.1, 0.15) is 71.0 Å². The number of hydrogen-bond acceptors (Lipinski definition) is 20. The summed E-state index contributed by atoms with van der Waals surface area (Å²) in [5.41, 5.74) is 7.97. The molecule has 7 rings (SSSR count). The third-order valence-corrected chi connectivity index (χ3v) is 19.2. The fourth-order valence-corrected chi connectivity index (χ4v) is 12.8. The van der Waals surface area contributed by atoms with Gasteiger partial charge in [-0.1, -0.05) is 79.7 Å². The average Bonchev–Trinajstić information content (AvgIpc) is 1.64. The van der Waals surface area contributed by atoms with E-state index in [1.165, 1.54) is 43.8 Å². The summed E-state index contributed by atoms with van der Waals surface area (Å²) in [4.78, 5) is 191. The summed E-state index contributed by atoms with van der Waals surface area (Å²) in [7, 11) is 1.54. The van der Waals surface area contributed by atoms with Gasteiger partial charge in [-0.3, -0.25) is 67.3 Å². The minimum absolute atomic E-state index is 0.0393. The molecule has 3 heterocycles. The molecule has 11 amide bonds. The van der Waals surface area contributed by atoms with E-state index in [2.05, 4.69) is 62.8 Å². The first kappa shape index (κ1) is 87.1. The topological polar surface area (TPSA) is 532 Å². The van der Waals surface area contributed by atoms with E-state index >= 15 is 4.39 Å². The smallest absolute Gasteiger partial charge is 0.305 e. The van der Waals surface area contributed by atoms with E-state index in [-0.39, 0.29) is 37.8 Å². The van der Waals surface area contributed by atoms with Gasteiger partial charge in [0, 0.05) is 62.9 Å². The first-order chi connectivity index (χ1) is 53.1. The van der Waals surface area contributed by atoms with E-state index in [4.69, 9.17) is 10.5 Å². The van der Waals surface area contributed by atoms with Crippen molar-refractivity contribution >= 4 is 76.9 Å². The number of ether oxygens (including phenoxy) is 1. The number of imidazole rings is 1. The highest BCUT2D eigenvalue weighted by molar-refractivity contribution is 6.01. The van der Waals surface area contributed by atoms with Gasteiger partial charge in [0.05, 0.1) is 45.2 Å². The number of aromatic amines is 1. The van der Waals surface area contributed by atoms with Crippen LogP contribution >= 0.6 is 0 Å². The normalized spacial score (nSPS) is 16.4. The molecule has 112 heavy (non-hydrogen) atoms. The predicted molar refractivity (Wildman–Crippen MR) is 399 cm³/mol. The highest BCUT2D eigenvalue weighted by Crippen LogP contribution is 2.33. The molecule has 0 saturated carbocycles. The maximum Gasteiger partial charge on any atom is 0.305 e. The number of nitrogens with zero attached hydrogens (tertiary/aromatic N) is 3. The van der Waals surface area contributed by atoms with Crippen molar-refractivity contribution in [3.63, 3.8) is 0 Å². The SMILES string of the molecule is CCc1cc(OC)ccc1-c1ccc(C[C@H](NC(=O)[C@H](CC(=O)O)NC(=O)[C@H](CO)NC(=O)[C@@H](NC(=O)[C@@](C)(Cc2ccccc2F)NC(=O)[C@@H](NC(=O)CNC(=O)[C@H](CCC(=O)O)NC(=O)[C@]2(C)CCCN2C(=O)[C@@H](O)Cc2cnc[nH]2)[C@@H](C)O)[C@@H](C)O)C(=O)N[C@@H](Cc2cnccc2-c2ccccc2C)C(N)=O)cc1. The van der Waals surface area contributed by atoms with Crippen molar-refractivity contribution in [1.29, 1.82) is 0 Å². The number of likely N-dealkylation sites (tertiary alicyclic amines) is 1. The summed E-state index contributed by atoms with van der Waals surface area (Å²) >= 11 is 0. The molecule has 0 bridgehead atoms. The number of carboxylic acids is 2. The Bertz CT molecular complexity index is 4390. The predicted octanol–water partition coefficient (Wildman–Crippen LogP) is -0.867. The van der Waals surface area contributed by atoms with Crippen molar-refractivity contribution in [3.05, 3.63) is 161 Å². The number of halogens is 1. The number of carbonyl (C=O) groups is 13. The number of aromatic nitrogens is 3. The van der Waals surface area contributed by atoms with Crippen LogP contribution in [0, 0.1) is 12.7 Å². The molecule has 0 aliphatic carbocycles. The number of carboxylic acid groups (broad SMARTS) is 2. The minimum atomic E-state index is -2.44. The number of hydrogen-bond donors (Lipinski definition) is 17. The van der Waals surface area contributed by atoms with Gasteiger partial charge in [0.2, 0.25) is 59.1 Å². The Morgan fingerprint density at radius 3 is 1.94 bits per heavy atom. The summed E-state index contributed by atoms with van der Waals surface area (Å²) in [6.45, 7) is 6.07. The fraction of sp³-hybridized carbons (Fsp3) is 0.416. The van der Waals surface area contributed by atoms with Crippen molar-refractivity contribution in [1.82, 2.24) is 67.7 Å². The molecule has 0 radical (unpaired) electrons. The van der Waals surface area contributed by atoms with Crippen molar-refractivity contribution in [2.24, 2.45) is 5.73 Å². The number of pyridine rings is 1. The number of amides is 11. The number of nitrogens with one attached hydrogen (secondary N) is 10. The summed E-state index contributed by atoms with van der Waals surface area (Å²) in [5, 5.41) is 84.0. The van der Waals surface area contributed by atoms with Gasteiger partial charge >= 0.3 is 11.9 Å². The molecule has 4 aromatic carbocycles. The Labute approximate surface area is 643 Å². The molecule has 1 aliphatic rings. The van der Waals surface area contributed by atoms with Crippen LogP contribution in [0.15, 0.2) is 122 Å². The van der Waals surface area contributed by atoms with Crippen LogP contribution in [0.4, 0.5) is 4.39 Å². The van der Waals surface area contributed by atoms with Gasteiger partial charge in [0.15, 0.2) is 0 Å². The lowest BCUT2D eigenvalue weighted by molar-refractivity contribution is -0.151. The molecule has 6 aromatic rings. The van der Waals surface area contributed by atoms with Crippen LogP contribution < -0.4 is 58.3 Å². The molecule has 600 valence electrons. The number of aliphatic hydroxyl groups is 4. The van der Waals surface area contributed by atoms with Crippen LogP contribution in [-0.2, 0) is 94.4 Å². The number of benzene rings is 4. The lowest BCUT2D eigenvalue weighted by Crippen LogP contribution is -2.67. The maximum absolute atomic E-state index is 15.5. The molecular formula is C77H95FN14O20. The minimum Gasteiger partial charge on any atom is -0.497 e. The highest BCUT2D eigenvalue weighted by atomic mass is 19.1. The van der Waals surface area contributed by atoms with E-state index in [1.807, 2.05) is 50.2 Å². The van der Waals surface area contributed by atoms with E-state index in [1.54, 1.807) is 49.7 Å². The number of H-pyrrole nitrogens is 1. The van der Waals surface area contributed by atoms with E-state index < -0.39 is 193 Å². The monoisotopic (exact) mass is 1550 g/mol. The van der Waals surface area contributed by atoms with Crippen LogP contribution in [0.3, 0.4) is 0 Å². The molecule has 35 heteroatoms. The Balaban J connectivity index is 1.06. The lowest BCUT2D eigenvalue weighted by Gasteiger charge is -2.36. The molecule has 1 fully saturated rings. The maximum atomic E-state index is 15.5. The van der Waals surface area contributed by atoms with E-state index in [0.717, 1.165) is 59.6 Å². The number of primary amides is 1. The standard InChI is InChI=1S/C77H95FN14O20/c1-8-45-31-50(112-7)22-23-52(45)46-20-18-44(19-21-46)30-57(68(104)84-56(66(79)102)32-48-36-80-28-26-53(48)51-16-11-9-14-41(51)2)85-69(105)58(34-63(100)101)86-70(106)59(39-93)87-71(107)64(42(3)94)90-74(110)76(5,35-47-15-10-12-17-54(47)78)91-72(108)65(43(4)95)89-61(97)38-82-67(103)55(24-25-62(98)99)88-75(111)77(6)27-13-29-92(77)73(109)60(96)33-49-37-81-40-83-49/h9-12,14-23,26,28,31,36-37,40,42-43,55-60,64-65,93-96H,8,13,24-25,27,29-30,32-35,38-39H2,1-7H3,(H2,79,102)(H,81,83)(H,82,103)(H,84,104)(H,85,105)(H,86,106)(H,87,107)(H,88,111)(H,89,97)(H,90,110)(H,91,108)(H,98,99)(H,100,101)/t42-,43-,55+,56+,57+,58+,59+,60+,64+,65+,76-,77+/m1/s1. The van der Waals surface area contributed by atoms with Gasteiger partial charge in [-0.25, -0.2) is 9.37 Å². The Morgan fingerprint density at radius 1 is 0.670 bits per heavy atom. The van der Waals surface area contributed by atoms with Gasteiger partial charge in [-0.2, -0.15) is 0 Å². The summed E-state index contributed by atoms with van der Waals surface area (Å²) in [5.74, 6) is -16.1. The second kappa shape index (κ2) is 40.0. The number of carbonyl (C=O) groups excluding carboxylic acids is 11. The molecule has 34 nitrogen and oxygen atoms in total. The first-order valence-corrected chi connectivity index (χ1v) is 36.0. The van der Waals surface area contributed by atoms with E-state index in [0.29, 0.717) is 41.0 Å². The van der Waals surface area contributed by atoms with Crippen LogP contribution in [-0.4, -0.2) is 226 Å². The van der Waals surface area contributed by atoms with Crippen molar-refractivity contribution in [2.75, 3.05) is 26.8 Å². The Hall–Kier alpha value is -12.1. The number of aliphatic carboxylic acids is 2. The molecule has 0 unspecified atom stereocenters. The third-order valence-electron chi connectivity index (χ3n) is 19.2. The van der Waals surface area contributed by atoms with E-state index in [9.17, 15) is 93.0 Å². The van der Waals surface area contributed by atoms with Crippen molar-refractivity contribution in [3.8, 4) is 28.0 Å². The molecular weight excluding hydrogens is 1460 g/mol. The summed E-state index contributed by atoms with van der Waals surface area (Å²) < 4.78 is 21.0. The zero-order chi connectivity index (χ0) is 82.3. The molecule has 1 saturated heterocycles. The number of aliphatic hydroxyl groups excluding tert-OH is 4. The average molecular weight is 1560 g/mol. The number of methoxy groups -OCH3 is 1. The number of rotatable bonds is 40. The van der Waals surface area contributed by atoms with Crippen LogP contribution in [0.5, 0.6) is 5.75 Å². The third kappa shape index (κ3) is 23.5. The molecule has 12 atom stereocenters. The second-order valence-corrected chi connectivity index (χ2v) is 27.7. The highest BCUT2D eigenvalue weighted by Gasteiger charge is 2.49. The van der Waals surface area contributed by atoms with Gasteiger partial charge in [-0.15, -0.1) is 0 Å². The van der Waals surface area contributed by atoms with Gasteiger partial charge < -0.3 is 98.8 Å². The van der Waals surface area contributed by atoms with Crippen molar-refractivity contribution in [2.45, 2.75) is 177 Å².